The number of nitrogens with one attached hydrogen (secondary N) is 1. The maximum absolute atomic E-state index is 13.2. The molecule has 1 aromatic carbocycles. The third-order valence-electron chi connectivity index (χ3n) is 4.38. The zero-order valence-electron chi connectivity index (χ0n) is 15.1. The van der Waals surface area contributed by atoms with Gasteiger partial charge in [0.25, 0.3) is 5.91 Å². The number of methoxy groups -OCH3 is 1. The number of nitrogens with zero attached hydrogens (tertiary/aromatic N) is 2. The van der Waals surface area contributed by atoms with Gasteiger partial charge in [0.2, 0.25) is 11.8 Å². The average Bonchev–Trinajstić information content (AvgIpc) is 3.14. The molecule has 9 heteroatoms. The number of esters is 1. The van der Waals surface area contributed by atoms with E-state index in [0.717, 1.165) is 9.91 Å². The van der Waals surface area contributed by atoms with Crippen LogP contribution < -0.4 is 15.1 Å². The van der Waals surface area contributed by atoms with Crippen molar-refractivity contribution in [2.24, 2.45) is 0 Å². The number of hydrogen-bond acceptors (Lipinski definition) is 7. The first kappa shape index (κ1) is 18.4. The lowest BCUT2D eigenvalue weighted by Gasteiger charge is -2.30. The van der Waals surface area contributed by atoms with Crippen LogP contribution in [-0.2, 0) is 23.9 Å². The zero-order valence-corrected chi connectivity index (χ0v) is 15.1. The number of anilines is 1. The fraction of sp³-hybridized carbons (Fsp3) is 0.333. The van der Waals surface area contributed by atoms with E-state index in [4.69, 9.17) is 9.47 Å². The van der Waals surface area contributed by atoms with Crippen molar-refractivity contribution < 1.29 is 28.7 Å². The number of hydrazine groups is 1. The Morgan fingerprint density at radius 2 is 2.04 bits per heavy atom. The highest BCUT2D eigenvalue weighted by Gasteiger charge is 2.59. The second kappa shape index (κ2) is 6.75. The van der Waals surface area contributed by atoms with Crippen molar-refractivity contribution >= 4 is 29.4 Å². The van der Waals surface area contributed by atoms with Gasteiger partial charge in [0.1, 0.15) is 11.4 Å². The third kappa shape index (κ3) is 2.90. The number of benzene rings is 1. The Hall–Kier alpha value is -3.36. The van der Waals surface area contributed by atoms with E-state index in [1.807, 2.05) is 0 Å². The van der Waals surface area contributed by atoms with Crippen LogP contribution in [0.5, 0.6) is 5.75 Å². The van der Waals surface area contributed by atoms with Gasteiger partial charge < -0.3 is 9.47 Å². The summed E-state index contributed by atoms with van der Waals surface area (Å²) < 4.78 is 10.1. The molecule has 0 unspecified atom stereocenters. The van der Waals surface area contributed by atoms with Crippen molar-refractivity contribution in [1.82, 2.24) is 10.4 Å². The first-order valence-corrected chi connectivity index (χ1v) is 8.33. The molecule has 2 aliphatic rings. The Morgan fingerprint density at radius 3 is 2.67 bits per heavy atom. The van der Waals surface area contributed by atoms with E-state index in [1.165, 1.54) is 20.1 Å². The zero-order chi connectivity index (χ0) is 19.8. The van der Waals surface area contributed by atoms with Crippen molar-refractivity contribution in [1.29, 1.82) is 0 Å². The molecule has 0 saturated carbocycles. The molecular formula is C18H19N3O6. The first-order valence-electron chi connectivity index (χ1n) is 8.33. The standard InChI is InChI=1S/C18H19N3O6/c1-4-27-16(24)14-9-18(21(19-14)11(2)22)10-15(23)20(17(18)25)12-6-5-7-13(8-12)26-3/h5-9,19H,4,10H2,1-3H3/t18-/m1/s1. The Kier molecular flexibility index (Phi) is 4.61. The minimum atomic E-state index is -1.62. The van der Waals surface area contributed by atoms with Gasteiger partial charge in [0, 0.05) is 13.0 Å². The van der Waals surface area contributed by atoms with Gasteiger partial charge in [-0.2, -0.15) is 0 Å². The molecule has 27 heavy (non-hydrogen) atoms. The molecule has 1 fully saturated rings. The Labute approximate surface area is 155 Å². The Bertz CT molecular complexity index is 864. The van der Waals surface area contributed by atoms with Crippen molar-refractivity contribution in [3.05, 3.63) is 36.0 Å². The fourth-order valence-corrected chi connectivity index (χ4v) is 3.22. The van der Waals surface area contributed by atoms with E-state index in [9.17, 15) is 19.2 Å². The minimum absolute atomic E-state index is 0.0549. The molecule has 1 aromatic rings. The van der Waals surface area contributed by atoms with Crippen LogP contribution in [0.2, 0.25) is 0 Å². The summed E-state index contributed by atoms with van der Waals surface area (Å²) in [7, 11) is 1.47. The summed E-state index contributed by atoms with van der Waals surface area (Å²) in [5, 5.41) is 1.000. The maximum Gasteiger partial charge on any atom is 0.355 e. The number of amides is 3. The summed E-state index contributed by atoms with van der Waals surface area (Å²) in [4.78, 5) is 51.0. The summed E-state index contributed by atoms with van der Waals surface area (Å²) in [6.07, 6.45) is 0.991. The molecule has 0 bridgehead atoms. The van der Waals surface area contributed by atoms with E-state index < -0.39 is 29.2 Å². The highest BCUT2D eigenvalue weighted by atomic mass is 16.5. The van der Waals surface area contributed by atoms with Gasteiger partial charge >= 0.3 is 5.97 Å². The molecular weight excluding hydrogens is 354 g/mol. The summed E-state index contributed by atoms with van der Waals surface area (Å²) in [5.41, 5.74) is 1.25. The lowest BCUT2D eigenvalue weighted by Crippen LogP contribution is -2.56. The van der Waals surface area contributed by atoms with Crippen molar-refractivity contribution in [3.8, 4) is 5.75 Å². The van der Waals surface area contributed by atoms with Gasteiger partial charge in [0.05, 0.1) is 25.8 Å². The van der Waals surface area contributed by atoms with Gasteiger partial charge in [-0.25, -0.2) is 14.7 Å². The smallest absolute Gasteiger partial charge is 0.355 e. The predicted octanol–water partition coefficient (Wildman–Crippen LogP) is 0.511. The average molecular weight is 373 g/mol. The topological polar surface area (TPSA) is 105 Å². The van der Waals surface area contributed by atoms with E-state index in [-0.39, 0.29) is 18.7 Å². The predicted molar refractivity (Wildman–Crippen MR) is 93.2 cm³/mol. The number of rotatable bonds is 4. The summed E-state index contributed by atoms with van der Waals surface area (Å²) in [5.74, 6) is -1.88. The molecule has 0 radical (unpaired) electrons. The summed E-state index contributed by atoms with van der Waals surface area (Å²) >= 11 is 0. The fourth-order valence-electron chi connectivity index (χ4n) is 3.22. The molecule has 3 amide bonds. The Balaban J connectivity index is 2.03. The van der Waals surface area contributed by atoms with Crippen LogP contribution in [-0.4, -0.2) is 48.0 Å². The van der Waals surface area contributed by atoms with Crippen LogP contribution in [0, 0.1) is 0 Å². The van der Waals surface area contributed by atoms with Crippen molar-refractivity contribution in [2.75, 3.05) is 18.6 Å². The largest absolute Gasteiger partial charge is 0.497 e. The molecule has 1 atom stereocenters. The van der Waals surface area contributed by atoms with Crippen molar-refractivity contribution in [2.45, 2.75) is 25.8 Å². The molecule has 1 saturated heterocycles. The Morgan fingerprint density at radius 1 is 1.30 bits per heavy atom. The number of carbonyl (C=O) groups is 4. The number of ether oxygens (including phenoxy) is 2. The van der Waals surface area contributed by atoms with Crippen LogP contribution in [0.25, 0.3) is 0 Å². The molecule has 0 aliphatic carbocycles. The van der Waals surface area contributed by atoms with E-state index in [2.05, 4.69) is 5.43 Å². The third-order valence-corrected chi connectivity index (χ3v) is 4.38. The molecule has 3 rings (SSSR count). The minimum Gasteiger partial charge on any atom is -0.497 e. The van der Waals surface area contributed by atoms with Crippen LogP contribution in [0.1, 0.15) is 20.3 Å². The second-order valence-corrected chi connectivity index (χ2v) is 6.08. The van der Waals surface area contributed by atoms with Gasteiger partial charge in [-0.3, -0.25) is 19.8 Å². The highest BCUT2D eigenvalue weighted by molar-refractivity contribution is 6.26. The molecule has 1 spiro atoms. The SMILES string of the molecule is CCOC(=O)C1=C[C@]2(CC(=O)N(c3cccc(OC)c3)C2=O)N(C(C)=O)N1. The molecule has 142 valence electrons. The van der Waals surface area contributed by atoms with Crippen LogP contribution in [0.15, 0.2) is 36.0 Å². The number of imide groups is 1. The number of carbonyl (C=O) groups excluding carboxylic acids is 4. The van der Waals surface area contributed by atoms with Crippen LogP contribution in [0.3, 0.4) is 0 Å². The molecule has 2 aliphatic heterocycles. The van der Waals surface area contributed by atoms with Gasteiger partial charge in [-0.05, 0) is 25.1 Å². The van der Waals surface area contributed by atoms with E-state index in [0.29, 0.717) is 11.4 Å². The lowest BCUT2D eigenvalue weighted by molar-refractivity contribution is -0.144. The van der Waals surface area contributed by atoms with Gasteiger partial charge in [0.15, 0.2) is 5.54 Å². The molecule has 9 nitrogen and oxygen atoms in total. The van der Waals surface area contributed by atoms with E-state index >= 15 is 0 Å². The molecule has 1 N–H and O–H groups in total. The van der Waals surface area contributed by atoms with Crippen molar-refractivity contribution in [3.63, 3.8) is 0 Å². The monoisotopic (exact) mass is 373 g/mol. The first-order chi connectivity index (χ1) is 12.8. The summed E-state index contributed by atoms with van der Waals surface area (Å²) in [6, 6.07) is 6.47. The van der Waals surface area contributed by atoms with E-state index in [1.54, 1.807) is 31.2 Å². The normalized spacial score (nSPS) is 21.4. The second-order valence-electron chi connectivity index (χ2n) is 6.08. The highest BCUT2D eigenvalue weighted by Crippen LogP contribution is 2.38. The quantitative estimate of drug-likeness (QED) is 0.606. The summed E-state index contributed by atoms with van der Waals surface area (Å²) in [6.45, 7) is 3.01. The van der Waals surface area contributed by atoms with Crippen LogP contribution in [0.4, 0.5) is 5.69 Å². The maximum atomic E-state index is 13.2. The lowest BCUT2D eigenvalue weighted by atomic mass is 9.96. The van der Waals surface area contributed by atoms with Gasteiger partial charge in [-0.1, -0.05) is 6.07 Å². The van der Waals surface area contributed by atoms with Crippen LogP contribution >= 0.6 is 0 Å². The molecule has 0 aromatic heterocycles. The van der Waals surface area contributed by atoms with Gasteiger partial charge in [-0.15, -0.1) is 0 Å². The number of hydrogen-bond donors (Lipinski definition) is 1. The molecule has 2 heterocycles.